The van der Waals surface area contributed by atoms with Gasteiger partial charge in [-0.25, -0.2) is 4.79 Å². The molecule has 0 amide bonds. The first-order valence-electron chi connectivity index (χ1n) is 6.57. The minimum atomic E-state index is -1.52. The van der Waals surface area contributed by atoms with Crippen LogP contribution in [0.1, 0.15) is 38.8 Å². The predicted molar refractivity (Wildman–Crippen MR) is 76.2 cm³/mol. The third kappa shape index (κ3) is 4.40. The summed E-state index contributed by atoms with van der Waals surface area (Å²) in [6.45, 7) is 7.11. The van der Waals surface area contributed by atoms with Crippen LogP contribution in [0, 0.1) is 0 Å². The smallest absolute Gasteiger partial charge is 0.390 e. The Labute approximate surface area is 116 Å². The second-order valence-electron chi connectivity index (χ2n) is 3.89. The van der Waals surface area contributed by atoms with Crippen LogP contribution in [0.2, 0.25) is 0 Å². The van der Waals surface area contributed by atoms with Crippen molar-refractivity contribution in [3.8, 4) is 0 Å². The van der Waals surface area contributed by atoms with Crippen LogP contribution < -0.4 is 5.19 Å². The number of isocyanates is 1. The average molecular weight is 278 g/mol. The van der Waals surface area contributed by atoms with E-state index in [-0.39, 0.29) is 6.04 Å². The van der Waals surface area contributed by atoms with Gasteiger partial charge in [0.15, 0.2) is 0 Å². The van der Waals surface area contributed by atoms with Crippen molar-refractivity contribution in [1.29, 1.82) is 0 Å². The lowest BCUT2D eigenvalue weighted by Crippen LogP contribution is -2.39. The second kappa shape index (κ2) is 8.77. The van der Waals surface area contributed by atoms with E-state index in [4.69, 9.17) is 8.85 Å². The lowest BCUT2D eigenvalue weighted by atomic mass is 10.1. The minimum Gasteiger partial charge on any atom is -0.390 e. The van der Waals surface area contributed by atoms with E-state index < -0.39 is 9.28 Å². The van der Waals surface area contributed by atoms with Crippen molar-refractivity contribution in [2.75, 3.05) is 13.2 Å². The van der Waals surface area contributed by atoms with E-state index in [1.165, 1.54) is 0 Å². The molecule has 0 saturated carbocycles. The van der Waals surface area contributed by atoms with Gasteiger partial charge < -0.3 is 8.85 Å². The molecule has 0 aliphatic rings. The average Bonchev–Trinajstić information content (AvgIpc) is 2.44. The third-order valence-corrected chi connectivity index (χ3v) is 4.68. The van der Waals surface area contributed by atoms with Crippen LogP contribution in [0.25, 0.3) is 0 Å². The normalized spacial score (nSPS) is 12.2. The lowest BCUT2D eigenvalue weighted by molar-refractivity contribution is 0.225. The van der Waals surface area contributed by atoms with E-state index in [0.717, 1.165) is 17.2 Å². The van der Waals surface area contributed by atoms with Crippen molar-refractivity contribution < 1.29 is 13.6 Å². The Morgan fingerprint density at radius 3 is 2.37 bits per heavy atom. The third-order valence-electron chi connectivity index (χ3n) is 2.69. The van der Waals surface area contributed by atoms with Gasteiger partial charge in [-0.15, -0.1) is 0 Å². The molecule has 0 fully saturated rings. The van der Waals surface area contributed by atoms with Crippen LogP contribution in [0.4, 0.5) is 0 Å². The highest BCUT2D eigenvalue weighted by Crippen LogP contribution is 2.19. The summed E-state index contributed by atoms with van der Waals surface area (Å²) in [5.74, 6) is 0. The Hall–Kier alpha value is -1.26. The quantitative estimate of drug-likeness (QED) is 0.416. The molecule has 1 unspecified atom stereocenters. The van der Waals surface area contributed by atoms with Gasteiger partial charge in [-0.05, 0) is 25.8 Å². The summed E-state index contributed by atoms with van der Waals surface area (Å²) < 4.78 is 11.4. The van der Waals surface area contributed by atoms with Crippen LogP contribution >= 0.6 is 0 Å². The molecule has 1 rings (SSSR count). The molecule has 0 spiro atoms. The summed E-state index contributed by atoms with van der Waals surface area (Å²) in [4.78, 5) is 14.4. The predicted octanol–water partition coefficient (Wildman–Crippen LogP) is 2.24. The van der Waals surface area contributed by atoms with Crippen LogP contribution in [0.3, 0.4) is 0 Å². The summed E-state index contributed by atoms with van der Waals surface area (Å²) in [5.41, 5.74) is 1.00. The molecule has 1 atom stereocenters. The Morgan fingerprint density at radius 1 is 1.21 bits per heavy atom. The number of carbonyl (C=O) groups excluding carboxylic acids is 1. The first kappa shape index (κ1) is 15.8. The van der Waals surface area contributed by atoms with Crippen molar-refractivity contribution in [2.45, 2.75) is 33.2 Å². The first-order valence-corrected chi connectivity index (χ1v) is 7.88. The van der Waals surface area contributed by atoms with Crippen molar-refractivity contribution in [3.05, 3.63) is 29.8 Å². The highest BCUT2D eigenvalue weighted by atomic mass is 28.3. The largest absolute Gasteiger partial charge is 0.423 e. The second-order valence-corrected chi connectivity index (χ2v) is 5.58. The maximum atomic E-state index is 10.5. The summed E-state index contributed by atoms with van der Waals surface area (Å²) in [5, 5.41) is 1.03. The Bertz CT molecular complexity index is 426. The molecule has 5 heteroatoms. The molecule has 0 heterocycles. The number of benzene rings is 1. The van der Waals surface area contributed by atoms with E-state index in [1.54, 1.807) is 6.08 Å². The van der Waals surface area contributed by atoms with Gasteiger partial charge in [0, 0.05) is 18.4 Å². The number of hydrogen-bond acceptors (Lipinski definition) is 4. The van der Waals surface area contributed by atoms with E-state index in [2.05, 4.69) is 4.99 Å². The molecule has 1 aromatic rings. The standard InChI is InChI=1S/C14H20NO3Si/c1-4-13(15-11-16)12-9-7-8-10-14(12)19(17-5-2)18-6-3/h7-10,13H,4-6H2,1-3H3. The zero-order chi connectivity index (χ0) is 14.1. The molecule has 0 aliphatic heterocycles. The lowest BCUT2D eigenvalue weighted by Gasteiger charge is -2.19. The van der Waals surface area contributed by atoms with Gasteiger partial charge in [0.05, 0.1) is 6.04 Å². The van der Waals surface area contributed by atoms with Crippen molar-refractivity contribution in [3.63, 3.8) is 0 Å². The summed E-state index contributed by atoms with van der Waals surface area (Å²) in [6, 6.07) is 7.71. The maximum Gasteiger partial charge on any atom is 0.423 e. The monoisotopic (exact) mass is 278 g/mol. The number of rotatable bonds is 8. The molecule has 4 nitrogen and oxygen atoms in total. The molecule has 1 aromatic carbocycles. The Balaban J connectivity index is 3.14. The van der Waals surface area contributed by atoms with Gasteiger partial charge in [0.25, 0.3) is 0 Å². The SMILES string of the molecule is CCO[Si](OCC)c1ccccc1C(CC)N=C=O. The molecule has 19 heavy (non-hydrogen) atoms. The van der Waals surface area contributed by atoms with Crippen LogP contribution in [0.5, 0.6) is 0 Å². The molecule has 0 N–H and O–H groups in total. The van der Waals surface area contributed by atoms with Crippen LogP contribution in [-0.4, -0.2) is 28.6 Å². The minimum absolute atomic E-state index is 0.172. The zero-order valence-electron chi connectivity index (χ0n) is 11.7. The van der Waals surface area contributed by atoms with Crippen molar-refractivity contribution in [1.82, 2.24) is 0 Å². The van der Waals surface area contributed by atoms with Crippen molar-refractivity contribution >= 4 is 20.6 Å². The highest BCUT2D eigenvalue weighted by molar-refractivity contribution is 6.61. The summed E-state index contributed by atoms with van der Waals surface area (Å²) in [7, 11) is -1.52. The zero-order valence-corrected chi connectivity index (χ0v) is 12.7. The number of aliphatic imine (C=N–C) groups is 1. The molecule has 103 valence electrons. The molecule has 0 aliphatic carbocycles. The Morgan fingerprint density at radius 2 is 1.84 bits per heavy atom. The van der Waals surface area contributed by atoms with E-state index in [0.29, 0.717) is 13.2 Å². The number of nitrogens with zero attached hydrogens (tertiary/aromatic N) is 1. The van der Waals surface area contributed by atoms with E-state index in [9.17, 15) is 4.79 Å². The molecular formula is C14H20NO3Si. The van der Waals surface area contributed by atoms with Gasteiger partial charge >= 0.3 is 9.28 Å². The van der Waals surface area contributed by atoms with E-state index in [1.807, 2.05) is 45.0 Å². The molecular weight excluding hydrogens is 258 g/mol. The fraction of sp³-hybridized carbons (Fsp3) is 0.500. The Kier molecular flexibility index (Phi) is 7.29. The number of hydrogen-bond donors (Lipinski definition) is 0. The molecule has 0 aromatic heterocycles. The van der Waals surface area contributed by atoms with Crippen LogP contribution in [0.15, 0.2) is 29.3 Å². The maximum absolute atomic E-state index is 10.5. The molecule has 1 radical (unpaired) electrons. The summed E-state index contributed by atoms with van der Waals surface area (Å²) >= 11 is 0. The van der Waals surface area contributed by atoms with Gasteiger partial charge in [-0.1, -0.05) is 31.2 Å². The van der Waals surface area contributed by atoms with Gasteiger partial charge in [0.2, 0.25) is 6.08 Å². The van der Waals surface area contributed by atoms with Gasteiger partial charge in [0.1, 0.15) is 0 Å². The highest BCUT2D eigenvalue weighted by Gasteiger charge is 2.24. The van der Waals surface area contributed by atoms with Crippen molar-refractivity contribution in [2.24, 2.45) is 4.99 Å². The molecule has 0 saturated heterocycles. The van der Waals surface area contributed by atoms with E-state index >= 15 is 0 Å². The topological polar surface area (TPSA) is 47.9 Å². The summed E-state index contributed by atoms with van der Waals surface area (Å²) in [6.07, 6.45) is 2.40. The van der Waals surface area contributed by atoms with Crippen LogP contribution in [-0.2, 0) is 13.6 Å². The van der Waals surface area contributed by atoms with Gasteiger partial charge in [-0.3, -0.25) is 0 Å². The fourth-order valence-electron chi connectivity index (χ4n) is 1.88. The van der Waals surface area contributed by atoms with Gasteiger partial charge in [-0.2, -0.15) is 4.99 Å². The fourth-order valence-corrected chi connectivity index (χ4v) is 3.51. The molecule has 0 bridgehead atoms. The first-order chi connectivity index (χ1) is 9.28.